The number of aromatic nitrogens is 1. The van der Waals surface area contributed by atoms with E-state index in [1.54, 1.807) is 4.57 Å². The smallest absolute Gasteiger partial charge is 0.325 e. The number of amides is 1. The first-order valence-corrected chi connectivity index (χ1v) is 13.2. The number of fused-ring (bicyclic) bond motifs is 1. The van der Waals surface area contributed by atoms with Crippen molar-refractivity contribution in [3.63, 3.8) is 0 Å². The van der Waals surface area contributed by atoms with Gasteiger partial charge in [-0.2, -0.15) is 4.99 Å². The number of rotatable bonds is 7. The Balaban J connectivity index is 1.69. The van der Waals surface area contributed by atoms with Gasteiger partial charge in [-0.25, -0.2) is 12.8 Å². The van der Waals surface area contributed by atoms with Gasteiger partial charge in [-0.3, -0.25) is 14.3 Å². The summed E-state index contributed by atoms with van der Waals surface area (Å²) in [6, 6.07) is 16.1. The van der Waals surface area contributed by atoms with E-state index < -0.39 is 27.7 Å². The van der Waals surface area contributed by atoms with Gasteiger partial charge >= 0.3 is 5.97 Å². The van der Waals surface area contributed by atoms with E-state index in [9.17, 15) is 22.4 Å². The van der Waals surface area contributed by atoms with Gasteiger partial charge < -0.3 is 9.30 Å². The summed E-state index contributed by atoms with van der Waals surface area (Å²) in [6.45, 7) is 1.91. The van der Waals surface area contributed by atoms with Crippen LogP contribution in [0.3, 0.4) is 0 Å². The number of halogens is 1. The van der Waals surface area contributed by atoms with E-state index in [2.05, 4.69) is 9.71 Å². The SMILES string of the molecule is CCc1ccc2c(c1)sc(=NC(=O)c1cccc(NS(=O)(=O)c3ccc(F)cc3)c1)n2CC(=O)OC. The molecule has 1 N–H and O–H groups in total. The van der Waals surface area contributed by atoms with E-state index in [4.69, 9.17) is 4.74 Å². The minimum Gasteiger partial charge on any atom is -0.468 e. The third kappa shape index (κ3) is 5.52. The number of esters is 1. The molecular formula is C25H22FN3O5S2. The number of carbonyl (C=O) groups excluding carboxylic acids is 2. The van der Waals surface area contributed by atoms with Crippen molar-refractivity contribution < 1.29 is 27.1 Å². The lowest BCUT2D eigenvalue weighted by atomic mass is 10.2. The number of thiazole rings is 1. The van der Waals surface area contributed by atoms with E-state index in [0.29, 0.717) is 4.80 Å². The summed E-state index contributed by atoms with van der Waals surface area (Å²) in [6.07, 6.45) is 0.830. The molecule has 0 saturated heterocycles. The average Bonchev–Trinajstić information content (AvgIpc) is 3.19. The molecule has 3 aromatic carbocycles. The fraction of sp³-hybridized carbons (Fsp3) is 0.160. The molecule has 0 aliphatic rings. The van der Waals surface area contributed by atoms with E-state index >= 15 is 0 Å². The predicted molar refractivity (Wildman–Crippen MR) is 135 cm³/mol. The number of hydrogen-bond donors (Lipinski definition) is 1. The summed E-state index contributed by atoms with van der Waals surface area (Å²) in [5, 5.41) is 0. The number of hydrogen-bond acceptors (Lipinski definition) is 6. The molecule has 0 saturated carbocycles. The highest BCUT2D eigenvalue weighted by atomic mass is 32.2. The second-order valence-corrected chi connectivity index (χ2v) is 10.5. The molecule has 0 aliphatic carbocycles. The van der Waals surface area contributed by atoms with E-state index in [-0.39, 0.29) is 22.7 Å². The molecule has 0 atom stereocenters. The van der Waals surface area contributed by atoms with Gasteiger partial charge in [0, 0.05) is 11.3 Å². The molecule has 36 heavy (non-hydrogen) atoms. The Morgan fingerprint density at radius 2 is 1.83 bits per heavy atom. The number of nitrogens with one attached hydrogen (secondary N) is 1. The van der Waals surface area contributed by atoms with Crippen LogP contribution in [0.5, 0.6) is 0 Å². The van der Waals surface area contributed by atoms with Crippen LogP contribution in [-0.2, 0) is 32.5 Å². The van der Waals surface area contributed by atoms with E-state index in [1.807, 2.05) is 25.1 Å². The van der Waals surface area contributed by atoms with Crippen molar-refractivity contribution in [3.8, 4) is 0 Å². The molecule has 1 aromatic heterocycles. The number of nitrogens with zero attached hydrogens (tertiary/aromatic N) is 2. The zero-order valence-corrected chi connectivity index (χ0v) is 21.0. The lowest BCUT2D eigenvalue weighted by Gasteiger charge is -2.09. The van der Waals surface area contributed by atoms with Crippen LogP contribution in [0, 0.1) is 5.82 Å². The monoisotopic (exact) mass is 527 g/mol. The molecule has 4 aromatic rings. The molecule has 0 spiro atoms. The van der Waals surface area contributed by atoms with Crippen molar-refractivity contribution in [3.05, 3.63) is 88.5 Å². The summed E-state index contributed by atoms with van der Waals surface area (Å²) in [5.41, 5.74) is 2.14. The summed E-state index contributed by atoms with van der Waals surface area (Å²) in [7, 11) is -2.71. The van der Waals surface area contributed by atoms with Crippen LogP contribution in [0.1, 0.15) is 22.8 Å². The number of anilines is 1. The normalized spacial score (nSPS) is 12.0. The summed E-state index contributed by atoms with van der Waals surface area (Å²) in [5.74, 6) is -1.65. The van der Waals surface area contributed by atoms with Crippen molar-refractivity contribution in [1.29, 1.82) is 0 Å². The van der Waals surface area contributed by atoms with Crippen molar-refractivity contribution >= 4 is 49.1 Å². The second kappa shape index (κ2) is 10.4. The quantitative estimate of drug-likeness (QED) is 0.364. The molecule has 0 aliphatic heterocycles. The Kier molecular flexibility index (Phi) is 7.32. The zero-order chi connectivity index (χ0) is 25.9. The third-order valence-electron chi connectivity index (χ3n) is 5.35. The third-order valence-corrected chi connectivity index (χ3v) is 7.79. The van der Waals surface area contributed by atoms with Crippen LogP contribution in [0.15, 0.2) is 76.6 Å². The molecule has 1 heterocycles. The van der Waals surface area contributed by atoms with Gasteiger partial charge in [-0.05, 0) is 66.6 Å². The molecule has 1 amide bonds. The Morgan fingerprint density at radius 3 is 2.53 bits per heavy atom. The average molecular weight is 528 g/mol. The molecule has 0 radical (unpaired) electrons. The molecule has 8 nitrogen and oxygen atoms in total. The van der Waals surface area contributed by atoms with Crippen LogP contribution >= 0.6 is 11.3 Å². The number of aryl methyl sites for hydroxylation is 1. The Bertz CT molecular complexity index is 1620. The lowest BCUT2D eigenvalue weighted by molar-refractivity contribution is -0.141. The minimum absolute atomic E-state index is 0.119. The lowest BCUT2D eigenvalue weighted by Crippen LogP contribution is -2.22. The van der Waals surface area contributed by atoms with Gasteiger partial charge in [0.05, 0.1) is 22.2 Å². The highest BCUT2D eigenvalue weighted by Crippen LogP contribution is 2.21. The number of carbonyl (C=O) groups is 2. The van der Waals surface area contributed by atoms with E-state index in [0.717, 1.165) is 46.5 Å². The van der Waals surface area contributed by atoms with E-state index in [1.165, 1.54) is 42.7 Å². The Labute approximate surface area is 210 Å². The van der Waals surface area contributed by atoms with Crippen LogP contribution < -0.4 is 9.52 Å². The first kappa shape index (κ1) is 25.3. The van der Waals surface area contributed by atoms with Gasteiger partial charge in [-0.1, -0.05) is 30.4 Å². The summed E-state index contributed by atoms with van der Waals surface area (Å²) in [4.78, 5) is 29.5. The highest BCUT2D eigenvalue weighted by Gasteiger charge is 2.16. The summed E-state index contributed by atoms with van der Waals surface area (Å²) >= 11 is 1.27. The predicted octanol–water partition coefficient (Wildman–Crippen LogP) is 4.12. The van der Waals surface area contributed by atoms with Crippen molar-refractivity contribution in [2.75, 3.05) is 11.8 Å². The highest BCUT2D eigenvalue weighted by molar-refractivity contribution is 7.92. The first-order valence-electron chi connectivity index (χ1n) is 10.9. The summed E-state index contributed by atoms with van der Waals surface area (Å²) < 4.78 is 48.1. The van der Waals surface area contributed by atoms with Crippen LogP contribution in [0.4, 0.5) is 10.1 Å². The van der Waals surface area contributed by atoms with Gasteiger partial charge in [-0.15, -0.1) is 0 Å². The van der Waals surface area contributed by atoms with Gasteiger partial charge in [0.2, 0.25) is 0 Å². The molecule has 11 heteroatoms. The van der Waals surface area contributed by atoms with Crippen molar-refractivity contribution in [2.45, 2.75) is 24.8 Å². The fourth-order valence-electron chi connectivity index (χ4n) is 3.46. The number of ether oxygens (including phenoxy) is 1. The van der Waals surface area contributed by atoms with Crippen LogP contribution in [0.25, 0.3) is 10.2 Å². The molecular weight excluding hydrogens is 505 g/mol. The van der Waals surface area contributed by atoms with Crippen molar-refractivity contribution in [2.24, 2.45) is 4.99 Å². The van der Waals surface area contributed by atoms with Crippen LogP contribution in [-0.4, -0.2) is 32.0 Å². The zero-order valence-electron chi connectivity index (χ0n) is 19.4. The van der Waals surface area contributed by atoms with Crippen molar-refractivity contribution in [1.82, 2.24) is 4.57 Å². The van der Waals surface area contributed by atoms with Gasteiger partial charge in [0.1, 0.15) is 12.4 Å². The topological polar surface area (TPSA) is 107 Å². The first-order chi connectivity index (χ1) is 17.2. The fourth-order valence-corrected chi connectivity index (χ4v) is 5.61. The van der Waals surface area contributed by atoms with Gasteiger partial charge in [0.15, 0.2) is 4.80 Å². The Hall–Kier alpha value is -3.83. The Morgan fingerprint density at radius 1 is 1.08 bits per heavy atom. The number of methoxy groups -OCH3 is 1. The molecule has 0 bridgehead atoms. The maximum absolute atomic E-state index is 13.2. The second-order valence-electron chi connectivity index (χ2n) is 7.76. The molecule has 186 valence electrons. The maximum atomic E-state index is 13.2. The van der Waals surface area contributed by atoms with Crippen LogP contribution in [0.2, 0.25) is 0 Å². The minimum atomic E-state index is -3.99. The maximum Gasteiger partial charge on any atom is 0.325 e. The number of benzene rings is 3. The standard InChI is InChI=1S/C25H22FN3O5S2/c1-3-16-7-12-21-22(13-16)35-25(29(21)15-23(30)34-2)27-24(31)17-5-4-6-19(14-17)28-36(32,33)20-10-8-18(26)9-11-20/h4-14,28H,3,15H2,1-2H3. The molecule has 0 fully saturated rings. The largest absolute Gasteiger partial charge is 0.468 e. The molecule has 0 unspecified atom stereocenters. The molecule has 4 rings (SSSR count). The van der Waals surface area contributed by atoms with Gasteiger partial charge in [0.25, 0.3) is 15.9 Å². The number of sulfonamides is 1.